The van der Waals surface area contributed by atoms with Crippen LogP contribution in [0, 0.1) is 0 Å². The van der Waals surface area contributed by atoms with Gasteiger partial charge < -0.3 is 4.18 Å². The predicted octanol–water partition coefficient (Wildman–Crippen LogP) is 3.40. The normalized spacial score (nSPS) is 13.3. The predicted molar refractivity (Wildman–Crippen MR) is 59.0 cm³/mol. The lowest BCUT2D eigenvalue weighted by molar-refractivity contribution is 0.418. The molecule has 0 aliphatic heterocycles. The van der Waals surface area contributed by atoms with E-state index in [1.165, 1.54) is 38.4 Å². The van der Waals surface area contributed by atoms with Crippen LogP contribution in [0.2, 0.25) is 0 Å². The molecule has 0 amide bonds. The van der Waals surface area contributed by atoms with Crippen molar-refractivity contribution in [1.82, 2.24) is 0 Å². The molecule has 0 saturated heterocycles. The summed E-state index contributed by atoms with van der Waals surface area (Å²) in [5, 5.41) is 0. The molecule has 0 saturated carbocycles. The van der Waals surface area contributed by atoms with E-state index in [4.69, 9.17) is 4.55 Å². The van der Waals surface area contributed by atoms with E-state index in [1.807, 2.05) is 0 Å². The van der Waals surface area contributed by atoms with Crippen LogP contribution in [0.15, 0.2) is 12.3 Å². The Kier molecular flexibility index (Phi) is 10.5. The molecule has 0 aliphatic carbocycles. The van der Waals surface area contributed by atoms with Gasteiger partial charge >= 0.3 is 11.4 Å². The molecule has 3 nitrogen and oxygen atoms in total. The standard InChI is InChI=1S/C10H20O3S/c1-2-3-4-5-6-7-8-9-10-13-14(11)12/h9-10H,2-8H2,1H3,(H,11,12). The van der Waals surface area contributed by atoms with Gasteiger partial charge in [0.15, 0.2) is 0 Å². The van der Waals surface area contributed by atoms with Gasteiger partial charge in [-0.2, -0.15) is 4.21 Å². The highest BCUT2D eigenvalue weighted by Gasteiger charge is 1.88. The minimum absolute atomic E-state index is 0.920. The second-order valence-electron chi connectivity index (χ2n) is 3.24. The summed E-state index contributed by atoms with van der Waals surface area (Å²) in [5.41, 5.74) is 0. The van der Waals surface area contributed by atoms with Crippen molar-refractivity contribution in [2.45, 2.75) is 51.9 Å². The fourth-order valence-corrected chi connectivity index (χ4v) is 1.37. The van der Waals surface area contributed by atoms with Crippen LogP contribution in [0.3, 0.4) is 0 Å². The quantitative estimate of drug-likeness (QED) is 0.368. The zero-order valence-corrected chi connectivity index (χ0v) is 9.59. The molecule has 1 atom stereocenters. The van der Waals surface area contributed by atoms with Crippen LogP contribution >= 0.6 is 0 Å². The van der Waals surface area contributed by atoms with Crippen molar-refractivity contribution in [3.8, 4) is 0 Å². The zero-order chi connectivity index (χ0) is 10.6. The van der Waals surface area contributed by atoms with Crippen LogP contribution in [0.1, 0.15) is 51.9 Å². The Morgan fingerprint density at radius 1 is 1.21 bits per heavy atom. The van der Waals surface area contributed by atoms with Crippen molar-refractivity contribution in [3.63, 3.8) is 0 Å². The molecule has 0 aromatic heterocycles. The number of hydrogen-bond donors (Lipinski definition) is 1. The first-order valence-electron chi connectivity index (χ1n) is 5.20. The van der Waals surface area contributed by atoms with Crippen LogP contribution in [-0.4, -0.2) is 8.76 Å². The number of allylic oxidation sites excluding steroid dienone is 1. The van der Waals surface area contributed by atoms with Crippen molar-refractivity contribution < 1.29 is 12.9 Å². The van der Waals surface area contributed by atoms with Crippen LogP contribution in [-0.2, 0) is 15.5 Å². The summed E-state index contributed by atoms with van der Waals surface area (Å²) >= 11 is -2.16. The second kappa shape index (κ2) is 10.7. The van der Waals surface area contributed by atoms with Gasteiger partial charge in [-0.05, 0) is 18.9 Å². The zero-order valence-electron chi connectivity index (χ0n) is 8.78. The Bertz CT molecular complexity index is 169. The summed E-state index contributed by atoms with van der Waals surface area (Å²) in [7, 11) is 0. The van der Waals surface area contributed by atoms with Gasteiger partial charge in [0, 0.05) is 0 Å². The third kappa shape index (κ3) is 11.6. The van der Waals surface area contributed by atoms with E-state index in [2.05, 4.69) is 11.1 Å². The van der Waals surface area contributed by atoms with Gasteiger partial charge in [-0.25, -0.2) is 0 Å². The van der Waals surface area contributed by atoms with E-state index in [9.17, 15) is 4.21 Å². The molecule has 14 heavy (non-hydrogen) atoms. The maximum absolute atomic E-state index is 10.0. The van der Waals surface area contributed by atoms with E-state index in [0.717, 1.165) is 12.8 Å². The van der Waals surface area contributed by atoms with E-state index in [1.54, 1.807) is 6.08 Å². The SMILES string of the molecule is CCCCCCCCC=COS(=O)O. The molecule has 4 heteroatoms. The van der Waals surface area contributed by atoms with Crippen LogP contribution in [0.25, 0.3) is 0 Å². The Morgan fingerprint density at radius 3 is 2.50 bits per heavy atom. The molecule has 1 unspecified atom stereocenters. The molecule has 0 spiro atoms. The van der Waals surface area contributed by atoms with Crippen molar-refractivity contribution in [2.24, 2.45) is 0 Å². The average Bonchev–Trinajstić information content (AvgIpc) is 2.15. The van der Waals surface area contributed by atoms with Gasteiger partial charge in [-0.1, -0.05) is 39.0 Å². The lowest BCUT2D eigenvalue weighted by Gasteiger charge is -1.97. The molecule has 0 fully saturated rings. The van der Waals surface area contributed by atoms with E-state index < -0.39 is 11.4 Å². The monoisotopic (exact) mass is 220 g/mol. The fraction of sp³-hybridized carbons (Fsp3) is 0.800. The lowest BCUT2D eigenvalue weighted by atomic mass is 10.1. The summed E-state index contributed by atoms with van der Waals surface area (Å²) in [6.07, 6.45) is 11.6. The maximum Gasteiger partial charge on any atom is 0.356 e. The first-order valence-corrected chi connectivity index (χ1v) is 6.23. The molecule has 0 aromatic carbocycles. The molecule has 0 rings (SSSR count). The molecular formula is C10H20O3S. The summed E-state index contributed by atoms with van der Waals surface area (Å²) in [5.74, 6) is 0. The highest BCUT2D eigenvalue weighted by atomic mass is 32.2. The fourth-order valence-electron chi connectivity index (χ4n) is 1.20. The molecule has 0 heterocycles. The smallest absolute Gasteiger partial charge is 0.356 e. The Hall–Kier alpha value is -0.350. The molecule has 0 radical (unpaired) electrons. The van der Waals surface area contributed by atoms with Gasteiger partial charge in [0.2, 0.25) is 0 Å². The van der Waals surface area contributed by atoms with Gasteiger partial charge in [0.05, 0.1) is 0 Å². The van der Waals surface area contributed by atoms with Crippen molar-refractivity contribution in [1.29, 1.82) is 0 Å². The van der Waals surface area contributed by atoms with E-state index >= 15 is 0 Å². The van der Waals surface area contributed by atoms with Gasteiger partial charge in [-0.3, -0.25) is 4.55 Å². The molecule has 0 bridgehead atoms. The molecule has 0 aliphatic rings. The summed E-state index contributed by atoms with van der Waals surface area (Å²) in [4.78, 5) is 0. The summed E-state index contributed by atoms with van der Waals surface area (Å²) < 4.78 is 22.6. The van der Waals surface area contributed by atoms with Crippen molar-refractivity contribution in [2.75, 3.05) is 0 Å². The first kappa shape index (κ1) is 13.7. The molecule has 1 N–H and O–H groups in total. The average molecular weight is 220 g/mol. The lowest BCUT2D eigenvalue weighted by Crippen LogP contribution is -1.85. The van der Waals surface area contributed by atoms with E-state index in [-0.39, 0.29) is 0 Å². The minimum atomic E-state index is -2.16. The van der Waals surface area contributed by atoms with E-state index in [0.29, 0.717) is 0 Å². The highest BCUT2D eigenvalue weighted by molar-refractivity contribution is 7.74. The third-order valence-electron chi connectivity index (χ3n) is 1.96. The molecule has 0 aromatic rings. The van der Waals surface area contributed by atoms with Crippen molar-refractivity contribution >= 4 is 11.4 Å². The van der Waals surface area contributed by atoms with Crippen molar-refractivity contribution in [3.05, 3.63) is 12.3 Å². The number of hydrogen-bond acceptors (Lipinski definition) is 2. The third-order valence-corrected chi connectivity index (χ3v) is 2.23. The largest absolute Gasteiger partial charge is 0.388 e. The highest BCUT2D eigenvalue weighted by Crippen LogP contribution is 2.07. The Morgan fingerprint density at radius 2 is 1.86 bits per heavy atom. The van der Waals surface area contributed by atoms with Crippen LogP contribution in [0.4, 0.5) is 0 Å². The summed E-state index contributed by atoms with van der Waals surface area (Å²) in [6, 6.07) is 0. The number of rotatable bonds is 9. The Balaban J connectivity index is 3.05. The first-order chi connectivity index (χ1) is 6.77. The Labute approximate surface area is 89.0 Å². The molecular weight excluding hydrogens is 200 g/mol. The van der Waals surface area contributed by atoms with Crippen LogP contribution in [0.5, 0.6) is 0 Å². The van der Waals surface area contributed by atoms with Gasteiger partial charge in [0.25, 0.3) is 0 Å². The van der Waals surface area contributed by atoms with Gasteiger partial charge in [-0.15, -0.1) is 0 Å². The molecule has 84 valence electrons. The van der Waals surface area contributed by atoms with Gasteiger partial charge in [0.1, 0.15) is 6.26 Å². The maximum atomic E-state index is 10.0. The summed E-state index contributed by atoms with van der Waals surface area (Å²) in [6.45, 7) is 2.20. The second-order valence-corrected chi connectivity index (χ2v) is 3.87. The topological polar surface area (TPSA) is 46.5 Å². The van der Waals surface area contributed by atoms with Crippen LogP contribution < -0.4 is 0 Å². The number of unbranched alkanes of at least 4 members (excludes halogenated alkanes) is 6. The minimum Gasteiger partial charge on any atom is -0.388 e.